The van der Waals surface area contributed by atoms with Gasteiger partial charge in [-0.05, 0) is 31.0 Å². The minimum absolute atomic E-state index is 0.328. The van der Waals surface area contributed by atoms with Gasteiger partial charge in [-0.25, -0.2) is 0 Å². The smallest absolute Gasteiger partial charge is 0.320 e. The zero-order valence-corrected chi connectivity index (χ0v) is 13.4. The first kappa shape index (κ1) is 16.3. The van der Waals surface area contributed by atoms with Crippen LogP contribution in [0.2, 0.25) is 5.02 Å². The van der Waals surface area contributed by atoms with Gasteiger partial charge in [-0.1, -0.05) is 30.7 Å². The Morgan fingerprint density at radius 3 is 2.19 bits per heavy atom. The number of hydrogen-bond acceptors (Lipinski definition) is 3. The molecule has 1 aromatic carbocycles. The molecule has 1 saturated heterocycles. The van der Waals surface area contributed by atoms with E-state index in [1.165, 1.54) is 5.56 Å². The number of carbonyl (C=O) groups is 1. The van der Waals surface area contributed by atoms with Crippen molar-refractivity contribution in [2.24, 2.45) is 0 Å². The highest BCUT2D eigenvalue weighted by atomic mass is 35.5. The molecule has 1 fully saturated rings. The molecule has 1 aromatic rings. The van der Waals surface area contributed by atoms with Crippen LogP contribution < -0.4 is 0 Å². The summed E-state index contributed by atoms with van der Waals surface area (Å²) in [6.45, 7) is 7.53. The normalized spacial score (nSPS) is 20.1. The molecule has 1 N–H and O–H groups in total. The van der Waals surface area contributed by atoms with Crippen LogP contribution in [0.3, 0.4) is 0 Å². The molecular formula is C16H23ClN2O2. The topological polar surface area (TPSA) is 43.8 Å². The number of aliphatic carboxylic acids is 1. The molecule has 0 amide bonds. The van der Waals surface area contributed by atoms with Crippen LogP contribution in [0.25, 0.3) is 0 Å². The molecule has 0 bridgehead atoms. The third-order valence-electron chi connectivity index (χ3n) is 4.36. The van der Waals surface area contributed by atoms with E-state index in [9.17, 15) is 9.90 Å². The average molecular weight is 311 g/mol. The van der Waals surface area contributed by atoms with E-state index in [1.54, 1.807) is 0 Å². The Hall–Kier alpha value is -1.10. The second-order valence-corrected chi connectivity index (χ2v) is 6.00. The molecule has 116 valence electrons. The van der Waals surface area contributed by atoms with Crippen molar-refractivity contribution >= 4 is 17.6 Å². The molecule has 0 aliphatic carbocycles. The molecule has 2 unspecified atom stereocenters. The maximum Gasteiger partial charge on any atom is 0.320 e. The van der Waals surface area contributed by atoms with E-state index in [-0.39, 0.29) is 6.04 Å². The molecule has 4 nitrogen and oxygen atoms in total. The molecule has 1 heterocycles. The number of rotatable bonds is 5. The van der Waals surface area contributed by atoms with Crippen LogP contribution >= 0.6 is 11.6 Å². The molecule has 0 saturated carbocycles. The fourth-order valence-electron chi connectivity index (χ4n) is 2.98. The maximum absolute atomic E-state index is 11.2. The number of benzene rings is 1. The number of piperazine rings is 1. The van der Waals surface area contributed by atoms with Gasteiger partial charge in [0.1, 0.15) is 6.04 Å². The van der Waals surface area contributed by atoms with E-state index in [1.807, 2.05) is 19.1 Å². The fourth-order valence-corrected chi connectivity index (χ4v) is 3.10. The van der Waals surface area contributed by atoms with Gasteiger partial charge in [-0.2, -0.15) is 0 Å². The lowest BCUT2D eigenvalue weighted by Crippen LogP contribution is -2.52. The van der Waals surface area contributed by atoms with Crippen LogP contribution in [0.1, 0.15) is 31.9 Å². The first-order chi connectivity index (χ1) is 10.0. The number of carboxylic acid groups (broad SMARTS) is 1. The van der Waals surface area contributed by atoms with Crippen LogP contribution in [0.15, 0.2) is 24.3 Å². The summed E-state index contributed by atoms with van der Waals surface area (Å²) in [5.74, 6) is -0.711. The third-order valence-corrected chi connectivity index (χ3v) is 4.61. The minimum Gasteiger partial charge on any atom is -0.480 e. The highest BCUT2D eigenvalue weighted by Crippen LogP contribution is 2.23. The van der Waals surface area contributed by atoms with E-state index >= 15 is 0 Å². The van der Waals surface area contributed by atoms with E-state index in [2.05, 4.69) is 28.9 Å². The fraction of sp³-hybridized carbons (Fsp3) is 0.562. The van der Waals surface area contributed by atoms with Crippen LogP contribution in [0, 0.1) is 0 Å². The van der Waals surface area contributed by atoms with Gasteiger partial charge < -0.3 is 5.11 Å². The molecule has 2 atom stereocenters. The molecule has 1 aliphatic heterocycles. The summed E-state index contributed by atoms with van der Waals surface area (Å²) in [5.41, 5.74) is 1.25. The van der Waals surface area contributed by atoms with Crippen molar-refractivity contribution in [1.82, 2.24) is 9.80 Å². The van der Waals surface area contributed by atoms with Crippen molar-refractivity contribution in [3.63, 3.8) is 0 Å². The Morgan fingerprint density at radius 2 is 1.71 bits per heavy atom. The van der Waals surface area contributed by atoms with Gasteiger partial charge >= 0.3 is 5.97 Å². The first-order valence-electron chi connectivity index (χ1n) is 7.49. The van der Waals surface area contributed by atoms with Crippen molar-refractivity contribution in [3.8, 4) is 0 Å². The summed E-state index contributed by atoms with van der Waals surface area (Å²) in [6.07, 6.45) is 0.655. The van der Waals surface area contributed by atoms with Gasteiger partial charge in [0.15, 0.2) is 0 Å². The van der Waals surface area contributed by atoms with E-state index in [0.717, 1.165) is 31.2 Å². The average Bonchev–Trinajstić information content (AvgIpc) is 2.48. The standard InChI is InChI=1S/C16H23ClN2O2/c1-3-15(16(20)21)19-10-8-18(9-11-19)12(2)13-4-6-14(17)7-5-13/h4-7,12,15H,3,8-11H2,1-2H3,(H,20,21). The maximum atomic E-state index is 11.2. The lowest BCUT2D eigenvalue weighted by Gasteiger charge is -2.40. The van der Waals surface area contributed by atoms with Gasteiger partial charge in [-0.15, -0.1) is 0 Å². The Bertz CT molecular complexity index is 470. The molecular weight excluding hydrogens is 288 g/mol. The minimum atomic E-state index is -0.711. The third kappa shape index (κ3) is 3.96. The summed E-state index contributed by atoms with van der Waals surface area (Å²) in [6, 6.07) is 7.94. The monoisotopic (exact) mass is 310 g/mol. The summed E-state index contributed by atoms with van der Waals surface area (Å²) in [5, 5.41) is 9.99. The summed E-state index contributed by atoms with van der Waals surface area (Å²) < 4.78 is 0. The van der Waals surface area contributed by atoms with Gasteiger partial charge in [0.05, 0.1) is 0 Å². The van der Waals surface area contributed by atoms with Crippen LogP contribution in [0.5, 0.6) is 0 Å². The highest BCUT2D eigenvalue weighted by molar-refractivity contribution is 6.30. The van der Waals surface area contributed by atoms with Crippen molar-refractivity contribution in [3.05, 3.63) is 34.9 Å². The second-order valence-electron chi connectivity index (χ2n) is 5.56. The summed E-state index contributed by atoms with van der Waals surface area (Å²) >= 11 is 5.93. The van der Waals surface area contributed by atoms with Gasteiger partial charge in [0.25, 0.3) is 0 Å². The van der Waals surface area contributed by atoms with Crippen molar-refractivity contribution in [1.29, 1.82) is 0 Å². The predicted molar refractivity (Wildman–Crippen MR) is 84.7 cm³/mol. The molecule has 0 radical (unpaired) electrons. The quantitative estimate of drug-likeness (QED) is 0.908. The summed E-state index contributed by atoms with van der Waals surface area (Å²) in [4.78, 5) is 15.7. The second kappa shape index (κ2) is 7.25. The van der Waals surface area contributed by atoms with Crippen molar-refractivity contribution < 1.29 is 9.90 Å². The molecule has 1 aliphatic rings. The Labute approximate surface area is 131 Å². The van der Waals surface area contributed by atoms with E-state index in [0.29, 0.717) is 12.5 Å². The zero-order chi connectivity index (χ0) is 15.4. The van der Waals surface area contributed by atoms with Gasteiger partial charge in [0, 0.05) is 37.2 Å². The van der Waals surface area contributed by atoms with Crippen LogP contribution in [-0.4, -0.2) is 53.1 Å². The van der Waals surface area contributed by atoms with Crippen LogP contribution in [0.4, 0.5) is 0 Å². The van der Waals surface area contributed by atoms with Crippen molar-refractivity contribution in [2.75, 3.05) is 26.2 Å². The van der Waals surface area contributed by atoms with Gasteiger partial charge in [-0.3, -0.25) is 14.6 Å². The summed E-state index contributed by atoms with van der Waals surface area (Å²) in [7, 11) is 0. The van der Waals surface area contributed by atoms with E-state index < -0.39 is 5.97 Å². The Morgan fingerprint density at radius 1 is 1.19 bits per heavy atom. The highest BCUT2D eigenvalue weighted by Gasteiger charge is 2.29. The first-order valence-corrected chi connectivity index (χ1v) is 7.87. The number of nitrogens with zero attached hydrogens (tertiary/aromatic N) is 2. The zero-order valence-electron chi connectivity index (χ0n) is 12.6. The largest absolute Gasteiger partial charge is 0.480 e. The molecule has 0 spiro atoms. The van der Waals surface area contributed by atoms with Crippen LogP contribution in [-0.2, 0) is 4.79 Å². The Balaban J connectivity index is 1.94. The van der Waals surface area contributed by atoms with E-state index in [4.69, 9.17) is 11.6 Å². The van der Waals surface area contributed by atoms with Crippen molar-refractivity contribution in [2.45, 2.75) is 32.4 Å². The lowest BCUT2D eigenvalue weighted by molar-refractivity contribution is -0.144. The molecule has 0 aromatic heterocycles. The SMILES string of the molecule is CCC(C(=O)O)N1CCN(C(C)c2ccc(Cl)cc2)CC1. The number of carboxylic acids is 1. The predicted octanol–water partition coefficient (Wildman–Crippen LogP) is 2.88. The molecule has 5 heteroatoms. The number of hydrogen-bond donors (Lipinski definition) is 1. The Kier molecular flexibility index (Phi) is 5.62. The lowest BCUT2D eigenvalue weighted by atomic mass is 10.1. The molecule has 2 rings (SSSR count). The number of halogens is 1. The molecule has 21 heavy (non-hydrogen) atoms. The van der Waals surface area contributed by atoms with Gasteiger partial charge in [0.2, 0.25) is 0 Å².